The van der Waals surface area contributed by atoms with Crippen molar-refractivity contribution in [3.8, 4) is 0 Å². The number of rotatable bonds is 15. The summed E-state index contributed by atoms with van der Waals surface area (Å²) < 4.78 is 71.6. The molecule has 246 valence electrons. The highest BCUT2D eigenvalue weighted by Crippen LogP contribution is 2.43. The van der Waals surface area contributed by atoms with Gasteiger partial charge < -0.3 is 33.7 Å². The molecule has 1 heterocycles. The van der Waals surface area contributed by atoms with Gasteiger partial charge in [-0.3, -0.25) is 24.0 Å². The standard InChI is InChI=1S/C22H26Cl4F3NO12S/c1-3-43-21(20(36)37-2)4-10(39-13(32)6-24)16(30-19(35)22(27,28)29)18(42-21)17(41-15(34)8-26)11(40-14(33)7-25)9-38-12(31)5-23/h10-11,16-18H,3-9H2,1-2H3,(H,30,35)/t10-,11+,16+,17+,18+,21-/m0/s1. The van der Waals surface area contributed by atoms with Crippen LogP contribution in [0.2, 0.25) is 0 Å². The number of amides is 1. The van der Waals surface area contributed by atoms with E-state index in [0.29, 0.717) is 0 Å². The van der Waals surface area contributed by atoms with Crippen molar-refractivity contribution >= 4 is 93.9 Å². The van der Waals surface area contributed by atoms with Crippen LogP contribution in [0.25, 0.3) is 0 Å². The lowest BCUT2D eigenvalue weighted by molar-refractivity contribution is -0.226. The molecule has 0 saturated carbocycles. The molecule has 1 N–H and O–H groups in total. The number of esters is 5. The average molecular weight is 727 g/mol. The van der Waals surface area contributed by atoms with E-state index in [4.69, 9.17) is 74.8 Å². The first-order valence-electron chi connectivity index (χ1n) is 11.9. The molecule has 0 aromatic rings. The van der Waals surface area contributed by atoms with E-state index in [1.807, 2.05) is 0 Å². The monoisotopic (exact) mass is 725 g/mol. The van der Waals surface area contributed by atoms with Gasteiger partial charge in [0.25, 0.3) is 0 Å². The number of carbonyl (C=O) groups excluding carboxylic acids is 6. The number of ether oxygens (including phenoxy) is 6. The number of alkyl halides is 7. The Morgan fingerprint density at radius 3 is 2.00 bits per heavy atom. The van der Waals surface area contributed by atoms with Crippen LogP contribution in [0, 0.1) is 0 Å². The summed E-state index contributed by atoms with van der Waals surface area (Å²) in [5, 5.41) is 1.60. The highest BCUT2D eigenvalue weighted by atomic mass is 35.5. The second kappa shape index (κ2) is 18.1. The average Bonchev–Trinajstić information content (AvgIpc) is 2.97. The molecule has 1 saturated heterocycles. The van der Waals surface area contributed by atoms with E-state index in [1.165, 1.54) is 0 Å². The van der Waals surface area contributed by atoms with Crippen molar-refractivity contribution in [1.29, 1.82) is 0 Å². The molecular formula is C22H26Cl4F3NO12S. The van der Waals surface area contributed by atoms with Gasteiger partial charge in [0.15, 0.2) is 12.2 Å². The Balaban J connectivity index is 3.98. The van der Waals surface area contributed by atoms with Gasteiger partial charge in [0.05, 0.1) is 13.2 Å². The zero-order valence-corrected chi connectivity index (χ0v) is 26.1. The lowest BCUT2D eigenvalue weighted by Crippen LogP contribution is -2.69. The van der Waals surface area contributed by atoms with E-state index in [2.05, 4.69) is 0 Å². The summed E-state index contributed by atoms with van der Waals surface area (Å²) in [4.78, 5) is 71.6. The van der Waals surface area contributed by atoms with Gasteiger partial charge in [-0.25, -0.2) is 4.79 Å². The van der Waals surface area contributed by atoms with Crippen LogP contribution in [0.15, 0.2) is 0 Å². The molecule has 43 heavy (non-hydrogen) atoms. The van der Waals surface area contributed by atoms with Crippen LogP contribution in [-0.4, -0.2) is 120 Å². The maximum absolute atomic E-state index is 13.4. The van der Waals surface area contributed by atoms with Gasteiger partial charge in [0.1, 0.15) is 42.3 Å². The van der Waals surface area contributed by atoms with Crippen LogP contribution in [0.5, 0.6) is 0 Å². The Morgan fingerprint density at radius 1 is 0.953 bits per heavy atom. The number of hydrogen-bond acceptors (Lipinski definition) is 13. The molecule has 1 rings (SSSR count). The molecule has 1 fully saturated rings. The summed E-state index contributed by atoms with van der Waals surface area (Å²) in [5.41, 5.74) is 0. The zero-order chi connectivity index (χ0) is 33.0. The summed E-state index contributed by atoms with van der Waals surface area (Å²) in [6.45, 7) is 0.610. The highest BCUT2D eigenvalue weighted by Gasteiger charge is 2.59. The third-order valence-electron chi connectivity index (χ3n) is 5.35. The fraction of sp³-hybridized carbons (Fsp3) is 0.727. The predicted molar refractivity (Wildman–Crippen MR) is 144 cm³/mol. The van der Waals surface area contributed by atoms with Crippen LogP contribution in [0.3, 0.4) is 0 Å². The molecule has 0 aliphatic carbocycles. The maximum atomic E-state index is 13.4. The van der Waals surface area contributed by atoms with Gasteiger partial charge >= 0.3 is 41.9 Å². The lowest BCUT2D eigenvalue weighted by atomic mass is 9.89. The second-order valence-electron chi connectivity index (χ2n) is 8.19. The summed E-state index contributed by atoms with van der Waals surface area (Å²) in [7, 11) is 0.956. The second-order valence-corrected chi connectivity index (χ2v) is 10.8. The van der Waals surface area contributed by atoms with Crippen LogP contribution >= 0.6 is 58.2 Å². The van der Waals surface area contributed by atoms with Crippen molar-refractivity contribution in [2.45, 2.75) is 54.9 Å². The minimum atomic E-state index is -5.50. The first-order chi connectivity index (χ1) is 20.1. The molecule has 1 aliphatic heterocycles. The van der Waals surface area contributed by atoms with Gasteiger partial charge in [0.2, 0.25) is 4.93 Å². The Kier molecular flexibility index (Phi) is 16.5. The lowest BCUT2D eigenvalue weighted by Gasteiger charge is -2.48. The van der Waals surface area contributed by atoms with E-state index in [0.717, 1.165) is 18.9 Å². The molecule has 6 atom stereocenters. The van der Waals surface area contributed by atoms with Gasteiger partial charge in [0, 0.05) is 6.42 Å². The number of carbonyl (C=O) groups is 6. The largest absolute Gasteiger partial charge is 0.471 e. The molecule has 0 radical (unpaired) electrons. The molecule has 0 bridgehead atoms. The Morgan fingerprint density at radius 2 is 1.51 bits per heavy atom. The number of hydrogen-bond donors (Lipinski definition) is 1. The van der Waals surface area contributed by atoms with Crippen LogP contribution < -0.4 is 5.32 Å². The molecule has 0 aromatic carbocycles. The predicted octanol–water partition coefficient (Wildman–Crippen LogP) is 1.68. The number of halogens is 7. The summed E-state index contributed by atoms with van der Waals surface area (Å²) in [6.07, 6.45) is -14.2. The molecule has 21 heteroatoms. The smallest absolute Gasteiger partial charge is 0.466 e. The summed E-state index contributed by atoms with van der Waals surface area (Å²) in [6, 6.07) is -2.08. The normalized spacial score (nSPS) is 23.2. The number of nitrogens with one attached hydrogen (secondary N) is 1. The molecule has 1 aliphatic rings. The minimum absolute atomic E-state index is 0.0989. The van der Waals surface area contributed by atoms with Crippen molar-refractivity contribution in [2.75, 3.05) is 43.0 Å². The first kappa shape index (κ1) is 39.1. The van der Waals surface area contributed by atoms with Crippen LogP contribution in [0.1, 0.15) is 13.3 Å². The molecular weight excluding hydrogens is 701 g/mol. The topological polar surface area (TPSA) is 170 Å². The molecule has 0 unspecified atom stereocenters. The molecule has 0 spiro atoms. The van der Waals surface area contributed by atoms with Crippen molar-refractivity contribution in [3.05, 3.63) is 0 Å². The Bertz CT molecular complexity index is 1030. The van der Waals surface area contributed by atoms with Gasteiger partial charge in [-0.15, -0.1) is 58.2 Å². The summed E-state index contributed by atoms with van der Waals surface area (Å²) in [5.74, 6) is -11.5. The Hall–Kier alpha value is -1.92. The van der Waals surface area contributed by atoms with E-state index in [-0.39, 0.29) is 5.75 Å². The first-order valence-corrected chi connectivity index (χ1v) is 15.0. The van der Waals surface area contributed by atoms with Crippen LogP contribution in [0.4, 0.5) is 13.2 Å². The third-order valence-corrected chi connectivity index (χ3v) is 7.41. The molecule has 13 nitrogen and oxygen atoms in total. The van der Waals surface area contributed by atoms with Crippen molar-refractivity contribution < 1.29 is 70.4 Å². The zero-order valence-electron chi connectivity index (χ0n) is 22.3. The van der Waals surface area contributed by atoms with Gasteiger partial charge in [-0.05, 0) is 5.75 Å². The fourth-order valence-electron chi connectivity index (χ4n) is 3.76. The van der Waals surface area contributed by atoms with E-state index in [1.54, 1.807) is 12.2 Å². The van der Waals surface area contributed by atoms with Crippen molar-refractivity contribution in [1.82, 2.24) is 5.32 Å². The molecule has 1 amide bonds. The number of thioether (sulfide) groups is 1. The minimum Gasteiger partial charge on any atom is -0.466 e. The van der Waals surface area contributed by atoms with E-state index < -0.39 is 114 Å². The van der Waals surface area contributed by atoms with Crippen molar-refractivity contribution in [2.24, 2.45) is 0 Å². The van der Waals surface area contributed by atoms with Crippen LogP contribution in [-0.2, 0) is 57.2 Å². The molecule has 0 aromatic heterocycles. The van der Waals surface area contributed by atoms with Gasteiger partial charge in [-0.1, -0.05) is 6.92 Å². The fourth-order valence-corrected chi connectivity index (χ4v) is 5.15. The van der Waals surface area contributed by atoms with E-state index >= 15 is 0 Å². The third kappa shape index (κ3) is 11.5. The SMILES string of the molecule is CCS[C@]1(C(=O)OC)C[C@H](OC(=O)CCl)[C@@H](NC(=O)C(F)(F)F)[C@H]([C@H](OC(=O)CCl)[C@@H](COC(=O)CCl)OC(=O)CCl)O1. The maximum Gasteiger partial charge on any atom is 0.471 e. The summed E-state index contributed by atoms with van der Waals surface area (Å²) >= 11 is 22.8. The van der Waals surface area contributed by atoms with Crippen molar-refractivity contribution in [3.63, 3.8) is 0 Å². The Labute approximate surface area is 266 Å². The van der Waals surface area contributed by atoms with E-state index in [9.17, 15) is 41.9 Å². The number of methoxy groups -OCH3 is 1. The highest BCUT2D eigenvalue weighted by molar-refractivity contribution is 8.01. The van der Waals surface area contributed by atoms with Gasteiger partial charge in [-0.2, -0.15) is 13.2 Å². The quantitative estimate of drug-likeness (QED) is 0.147.